The average Bonchev–Trinajstić information content (AvgIpc) is 2.97. The van der Waals surface area contributed by atoms with Crippen LogP contribution in [0.15, 0.2) is 49.2 Å². The van der Waals surface area contributed by atoms with E-state index in [0.717, 1.165) is 26.8 Å². The Morgan fingerprint density at radius 2 is 2.00 bits per heavy atom. The fourth-order valence-electron chi connectivity index (χ4n) is 1.75. The van der Waals surface area contributed by atoms with E-state index in [9.17, 15) is 0 Å². The van der Waals surface area contributed by atoms with Crippen LogP contribution in [-0.4, -0.2) is 19.9 Å². The molecule has 0 aliphatic carbocycles. The van der Waals surface area contributed by atoms with E-state index in [4.69, 9.17) is 0 Å². The summed E-state index contributed by atoms with van der Waals surface area (Å²) in [6.07, 6.45) is 10.8. The van der Waals surface area contributed by atoms with E-state index < -0.39 is 0 Å². The van der Waals surface area contributed by atoms with Gasteiger partial charge in [-0.05, 0) is 30.7 Å². The summed E-state index contributed by atoms with van der Waals surface area (Å²) in [6, 6.07) is 5.82. The van der Waals surface area contributed by atoms with Crippen molar-refractivity contribution in [1.29, 1.82) is 0 Å². The molecule has 0 N–H and O–H groups in total. The van der Waals surface area contributed by atoms with Gasteiger partial charge in [0.15, 0.2) is 0 Å². The third-order valence-corrected chi connectivity index (χ3v) is 3.70. The lowest BCUT2D eigenvalue weighted by atomic mass is 10.2. The quantitative estimate of drug-likeness (QED) is 0.736. The van der Waals surface area contributed by atoms with Gasteiger partial charge in [-0.1, -0.05) is 6.07 Å². The molecule has 0 unspecified atom stereocenters. The van der Waals surface area contributed by atoms with Crippen molar-refractivity contribution in [2.45, 2.75) is 6.92 Å². The molecule has 0 fully saturated rings. The molecular formula is C15H12N4S. The van der Waals surface area contributed by atoms with Crippen LogP contribution in [0.5, 0.6) is 0 Å². The van der Waals surface area contributed by atoms with Crippen molar-refractivity contribution in [2.24, 2.45) is 0 Å². The second-order valence-electron chi connectivity index (χ2n) is 4.20. The summed E-state index contributed by atoms with van der Waals surface area (Å²) >= 11 is 1.61. The van der Waals surface area contributed by atoms with Gasteiger partial charge < -0.3 is 0 Å². The third kappa shape index (κ3) is 2.78. The van der Waals surface area contributed by atoms with E-state index in [1.807, 2.05) is 31.3 Å². The van der Waals surface area contributed by atoms with Crippen LogP contribution < -0.4 is 0 Å². The van der Waals surface area contributed by atoms with Gasteiger partial charge in [0.05, 0.1) is 17.6 Å². The number of hydrogen-bond donors (Lipinski definition) is 0. The summed E-state index contributed by atoms with van der Waals surface area (Å²) in [5.74, 6) is 0. The first-order valence-electron chi connectivity index (χ1n) is 6.15. The Morgan fingerprint density at radius 1 is 1.05 bits per heavy atom. The lowest BCUT2D eigenvalue weighted by Gasteiger charge is -1.97. The van der Waals surface area contributed by atoms with Crippen molar-refractivity contribution in [2.75, 3.05) is 0 Å². The maximum atomic E-state index is 4.41. The zero-order chi connectivity index (χ0) is 13.8. The maximum absolute atomic E-state index is 4.41. The van der Waals surface area contributed by atoms with Gasteiger partial charge in [0.2, 0.25) is 0 Å². The Kier molecular flexibility index (Phi) is 3.60. The predicted molar refractivity (Wildman–Crippen MR) is 80.9 cm³/mol. The molecule has 3 aromatic rings. The second kappa shape index (κ2) is 5.71. The van der Waals surface area contributed by atoms with Crippen molar-refractivity contribution in [1.82, 2.24) is 19.9 Å². The molecule has 0 spiro atoms. The molecule has 3 heterocycles. The lowest BCUT2D eigenvalue weighted by molar-refractivity contribution is 1.17. The molecule has 0 amide bonds. The van der Waals surface area contributed by atoms with Crippen molar-refractivity contribution < 1.29 is 0 Å². The van der Waals surface area contributed by atoms with Gasteiger partial charge in [-0.2, -0.15) is 0 Å². The van der Waals surface area contributed by atoms with Gasteiger partial charge in [-0.3, -0.25) is 15.0 Å². The molecule has 0 aromatic carbocycles. The Labute approximate surface area is 120 Å². The van der Waals surface area contributed by atoms with Gasteiger partial charge in [-0.25, -0.2) is 4.98 Å². The van der Waals surface area contributed by atoms with Crippen LogP contribution >= 0.6 is 11.3 Å². The van der Waals surface area contributed by atoms with Gasteiger partial charge in [0.1, 0.15) is 5.01 Å². The van der Waals surface area contributed by atoms with Crippen LogP contribution in [0, 0.1) is 0 Å². The SMILES string of the molecule is C/C(=C\c1cnc(-c2ccccn2)s1)c1cnccn1. The van der Waals surface area contributed by atoms with E-state index >= 15 is 0 Å². The van der Waals surface area contributed by atoms with Crippen molar-refractivity contribution >= 4 is 23.0 Å². The molecule has 5 heteroatoms. The summed E-state index contributed by atoms with van der Waals surface area (Å²) < 4.78 is 0. The minimum Gasteiger partial charge on any atom is -0.261 e. The molecule has 20 heavy (non-hydrogen) atoms. The number of nitrogens with zero attached hydrogens (tertiary/aromatic N) is 4. The first kappa shape index (κ1) is 12.6. The monoisotopic (exact) mass is 280 g/mol. The number of allylic oxidation sites excluding steroid dienone is 1. The smallest absolute Gasteiger partial charge is 0.142 e. The van der Waals surface area contributed by atoms with Crippen LogP contribution in [-0.2, 0) is 0 Å². The van der Waals surface area contributed by atoms with Crippen molar-refractivity contribution in [3.63, 3.8) is 0 Å². The van der Waals surface area contributed by atoms with Gasteiger partial charge >= 0.3 is 0 Å². The molecule has 3 aromatic heterocycles. The number of hydrogen-bond acceptors (Lipinski definition) is 5. The fourth-order valence-corrected chi connectivity index (χ4v) is 2.65. The van der Waals surface area contributed by atoms with Crippen LogP contribution in [0.3, 0.4) is 0 Å². The summed E-state index contributed by atoms with van der Waals surface area (Å²) in [6.45, 7) is 2.02. The lowest BCUT2D eigenvalue weighted by Crippen LogP contribution is -1.85. The molecule has 0 atom stereocenters. The molecule has 3 rings (SSSR count). The number of rotatable bonds is 3. The number of thiazole rings is 1. The largest absolute Gasteiger partial charge is 0.261 e. The number of pyridine rings is 1. The first-order valence-corrected chi connectivity index (χ1v) is 6.96. The molecule has 0 radical (unpaired) electrons. The molecule has 0 aliphatic rings. The van der Waals surface area contributed by atoms with Gasteiger partial charge in [-0.15, -0.1) is 11.3 Å². The molecule has 4 nitrogen and oxygen atoms in total. The van der Waals surface area contributed by atoms with E-state index in [0.29, 0.717) is 0 Å². The zero-order valence-electron chi connectivity index (χ0n) is 10.9. The minimum absolute atomic E-state index is 0.875. The van der Waals surface area contributed by atoms with Crippen molar-refractivity contribution in [3.8, 4) is 10.7 Å². The van der Waals surface area contributed by atoms with Gasteiger partial charge in [0, 0.05) is 29.7 Å². The Hall–Kier alpha value is -2.40. The highest BCUT2D eigenvalue weighted by Crippen LogP contribution is 2.26. The van der Waals surface area contributed by atoms with E-state index in [1.165, 1.54) is 0 Å². The Bertz CT molecular complexity index is 720. The standard InChI is InChI=1S/C15H12N4S/c1-11(14-10-16-6-7-18-14)8-12-9-19-15(20-12)13-4-2-3-5-17-13/h2-10H,1H3/b11-8+. The number of aromatic nitrogens is 4. The summed E-state index contributed by atoms with van der Waals surface area (Å²) in [7, 11) is 0. The first-order chi connectivity index (χ1) is 9.83. The van der Waals surface area contributed by atoms with Gasteiger partial charge in [0.25, 0.3) is 0 Å². The normalized spacial score (nSPS) is 11.6. The highest BCUT2D eigenvalue weighted by atomic mass is 32.1. The highest BCUT2D eigenvalue weighted by Gasteiger charge is 2.05. The zero-order valence-corrected chi connectivity index (χ0v) is 11.7. The molecule has 0 saturated carbocycles. The average molecular weight is 280 g/mol. The Morgan fingerprint density at radius 3 is 2.75 bits per heavy atom. The topological polar surface area (TPSA) is 51.6 Å². The van der Waals surface area contributed by atoms with Crippen LogP contribution in [0.1, 0.15) is 17.5 Å². The van der Waals surface area contributed by atoms with E-state index in [-0.39, 0.29) is 0 Å². The molecule has 0 bridgehead atoms. The third-order valence-electron chi connectivity index (χ3n) is 2.73. The van der Waals surface area contributed by atoms with Crippen molar-refractivity contribution in [3.05, 3.63) is 59.8 Å². The van der Waals surface area contributed by atoms with E-state index in [2.05, 4.69) is 26.0 Å². The van der Waals surface area contributed by atoms with Crippen LogP contribution in [0.4, 0.5) is 0 Å². The Balaban J connectivity index is 1.88. The highest BCUT2D eigenvalue weighted by molar-refractivity contribution is 7.15. The summed E-state index contributed by atoms with van der Waals surface area (Å²) in [4.78, 5) is 18.1. The molecule has 0 saturated heterocycles. The second-order valence-corrected chi connectivity index (χ2v) is 5.26. The molecule has 0 aliphatic heterocycles. The molecule has 98 valence electrons. The predicted octanol–water partition coefficient (Wildman–Crippen LogP) is 3.56. The van der Waals surface area contributed by atoms with Crippen LogP contribution in [0.2, 0.25) is 0 Å². The summed E-state index contributed by atoms with van der Waals surface area (Å²) in [5, 5.41) is 0.920. The van der Waals surface area contributed by atoms with Crippen LogP contribution in [0.25, 0.3) is 22.4 Å². The summed E-state index contributed by atoms with van der Waals surface area (Å²) in [5.41, 5.74) is 2.84. The fraction of sp³-hybridized carbons (Fsp3) is 0.0667. The maximum Gasteiger partial charge on any atom is 0.142 e. The minimum atomic E-state index is 0.875. The molecular weight excluding hydrogens is 268 g/mol. The van der Waals surface area contributed by atoms with E-state index in [1.54, 1.807) is 36.1 Å².